The van der Waals surface area contributed by atoms with E-state index in [1.807, 2.05) is 0 Å². The normalized spacial score (nSPS) is 25.5. The van der Waals surface area contributed by atoms with Crippen molar-refractivity contribution >= 4 is 38.0 Å². The number of carbonyl (C=O) groups is 1. The Morgan fingerprint density at radius 3 is 2.56 bits per heavy atom. The Labute approximate surface area is 222 Å². The van der Waals surface area contributed by atoms with Gasteiger partial charge in [-0.2, -0.15) is 0 Å². The van der Waals surface area contributed by atoms with Gasteiger partial charge in [0.2, 0.25) is 0 Å². The first-order chi connectivity index (χ1) is 17.6. The second-order valence-electron chi connectivity index (χ2n) is 8.70. The summed E-state index contributed by atoms with van der Waals surface area (Å²) in [6.07, 6.45) is -5.97. The standard InChI is InChI=1S/C23H31N2O8PS2/c1-13(2)31-22(28)15(4)12-34(29,33-16-8-6-5-7-9-16)30-11-17-18(26)19(27)21(32-17)25-10-14(3)20(35)24-23(25)36/h5-10,13,15,17-19,21,26-27H,11-12H2,1-4H3,(H,24,35,36)/t15-,17+,18?,19-,21+,34-/m1/s1/i11D2. The second-order valence-corrected chi connectivity index (χ2v) is 11.4. The summed E-state index contributed by atoms with van der Waals surface area (Å²) in [4.78, 5) is 15.2. The van der Waals surface area contributed by atoms with Crippen LogP contribution in [0.4, 0.5) is 0 Å². The zero-order valence-corrected chi connectivity index (χ0v) is 22.7. The summed E-state index contributed by atoms with van der Waals surface area (Å²) in [6.45, 7) is 3.53. The SMILES string of the molecule is [2H]C([2H])(O[P@](=O)(C[C@@H](C)C(=O)OC(C)C)Oc1ccccc1)[C@@H]1O[C@H](n2cc(C)c(=S)[nH]c2=S)[C@H](O)C1O. The number of ether oxygens (including phenoxy) is 2. The van der Waals surface area contributed by atoms with Crippen molar-refractivity contribution in [1.29, 1.82) is 0 Å². The lowest BCUT2D eigenvalue weighted by Gasteiger charge is -2.24. The quantitative estimate of drug-likeness (QED) is 0.222. The first-order valence-electron chi connectivity index (χ1n) is 12.2. The molecule has 1 aliphatic rings. The highest BCUT2D eigenvalue weighted by atomic mass is 32.1. The van der Waals surface area contributed by atoms with E-state index in [2.05, 4.69) is 4.98 Å². The van der Waals surface area contributed by atoms with E-state index >= 15 is 0 Å². The van der Waals surface area contributed by atoms with Crippen LogP contribution in [0.25, 0.3) is 0 Å². The molecule has 0 saturated carbocycles. The fraction of sp³-hybridized carbons (Fsp3) is 0.522. The first kappa shape index (κ1) is 25.7. The third-order valence-corrected chi connectivity index (χ3v) is 7.81. The average molecular weight is 561 g/mol. The molecule has 0 bridgehead atoms. The Kier molecular flexibility index (Phi) is 8.63. The van der Waals surface area contributed by atoms with Crippen LogP contribution < -0.4 is 4.52 Å². The molecule has 3 N–H and O–H groups in total. The van der Waals surface area contributed by atoms with E-state index in [0.717, 1.165) is 0 Å². The maximum atomic E-state index is 13.9. The Morgan fingerprint density at radius 2 is 1.92 bits per heavy atom. The number of aliphatic hydroxyl groups is 2. The molecule has 0 spiro atoms. The third kappa shape index (κ3) is 7.10. The van der Waals surface area contributed by atoms with Gasteiger partial charge in [-0.1, -0.05) is 37.3 Å². The molecule has 0 amide bonds. The molecule has 36 heavy (non-hydrogen) atoms. The molecule has 2 aromatic rings. The van der Waals surface area contributed by atoms with Crippen molar-refractivity contribution in [3.63, 3.8) is 0 Å². The number of rotatable bonds is 10. The summed E-state index contributed by atoms with van der Waals surface area (Å²) in [7, 11) is -4.43. The smallest absolute Gasteiger partial charge is 0.380 e. The van der Waals surface area contributed by atoms with Crippen molar-refractivity contribution in [3.8, 4) is 5.75 Å². The summed E-state index contributed by atoms with van der Waals surface area (Å²) in [6, 6.07) is 7.92. The molecule has 0 radical (unpaired) electrons. The number of benzene rings is 1. The van der Waals surface area contributed by atoms with Gasteiger partial charge in [-0.3, -0.25) is 13.9 Å². The van der Waals surface area contributed by atoms with E-state index in [0.29, 0.717) is 10.2 Å². The highest BCUT2D eigenvalue weighted by molar-refractivity contribution is 7.72. The molecule has 1 aliphatic heterocycles. The summed E-state index contributed by atoms with van der Waals surface area (Å²) >= 11 is 10.4. The van der Waals surface area contributed by atoms with E-state index in [1.54, 1.807) is 39.0 Å². The number of aliphatic hydroxyl groups excluding tert-OH is 2. The number of H-pyrrole nitrogens is 1. The highest BCUT2D eigenvalue weighted by Crippen LogP contribution is 2.50. The topological polar surface area (TPSA) is 132 Å². The number of carbonyl (C=O) groups excluding carboxylic acids is 1. The number of esters is 1. The van der Waals surface area contributed by atoms with Crippen molar-refractivity contribution in [3.05, 3.63) is 51.5 Å². The van der Waals surface area contributed by atoms with Crippen LogP contribution in [0.5, 0.6) is 5.75 Å². The van der Waals surface area contributed by atoms with Gasteiger partial charge in [-0.15, -0.1) is 0 Å². The monoisotopic (exact) mass is 560 g/mol. The van der Waals surface area contributed by atoms with Crippen molar-refractivity contribution < 1.29 is 40.8 Å². The lowest BCUT2D eigenvalue weighted by Crippen LogP contribution is -2.34. The number of para-hydroxylation sites is 1. The lowest BCUT2D eigenvalue weighted by molar-refractivity contribution is -0.151. The summed E-state index contributed by atoms with van der Waals surface area (Å²) in [5.41, 5.74) is 0.602. The van der Waals surface area contributed by atoms with Crippen LogP contribution in [-0.2, 0) is 23.4 Å². The maximum Gasteiger partial charge on any atom is 0.380 e. The minimum Gasteiger partial charge on any atom is -0.463 e. The van der Waals surface area contributed by atoms with Gasteiger partial charge in [0.1, 0.15) is 28.7 Å². The summed E-state index contributed by atoms with van der Waals surface area (Å²) in [5, 5.41) is 21.4. The fourth-order valence-electron chi connectivity index (χ4n) is 3.39. The number of aromatic nitrogens is 2. The number of aryl methyl sites for hydroxylation is 1. The minimum atomic E-state index is -4.43. The molecule has 6 atom stereocenters. The molecule has 1 unspecified atom stereocenters. The van der Waals surface area contributed by atoms with Crippen LogP contribution in [0.2, 0.25) is 0 Å². The van der Waals surface area contributed by atoms with Crippen LogP contribution in [0.1, 0.15) is 35.3 Å². The fourth-order valence-corrected chi connectivity index (χ4v) is 5.57. The number of nitrogens with one attached hydrogen (secondary N) is 1. The Balaban J connectivity index is 1.90. The molecular weight excluding hydrogens is 527 g/mol. The van der Waals surface area contributed by atoms with Crippen LogP contribution in [0, 0.1) is 22.3 Å². The van der Waals surface area contributed by atoms with Gasteiger partial charge in [-0.05, 0) is 45.1 Å². The van der Waals surface area contributed by atoms with Gasteiger partial charge >= 0.3 is 13.6 Å². The number of aromatic amines is 1. The van der Waals surface area contributed by atoms with Gasteiger partial charge in [0.15, 0.2) is 11.0 Å². The van der Waals surface area contributed by atoms with E-state index in [1.165, 1.54) is 29.8 Å². The first-order valence-corrected chi connectivity index (χ1v) is 13.8. The van der Waals surface area contributed by atoms with Gasteiger partial charge in [0.25, 0.3) is 0 Å². The molecule has 1 aromatic carbocycles. The number of nitrogens with zero attached hydrogens (tertiary/aromatic N) is 1. The summed E-state index contributed by atoms with van der Waals surface area (Å²) in [5.74, 6) is -1.53. The number of hydrogen-bond acceptors (Lipinski definition) is 10. The predicted molar refractivity (Wildman–Crippen MR) is 137 cm³/mol. The molecule has 10 nitrogen and oxygen atoms in total. The largest absolute Gasteiger partial charge is 0.463 e. The van der Waals surface area contributed by atoms with Crippen LogP contribution >= 0.6 is 32.0 Å². The zero-order chi connectivity index (χ0) is 28.4. The second kappa shape index (κ2) is 12.1. The van der Waals surface area contributed by atoms with Crippen LogP contribution in [-0.4, -0.2) is 62.9 Å². The van der Waals surface area contributed by atoms with Crippen molar-refractivity contribution in [1.82, 2.24) is 9.55 Å². The Hall–Kier alpha value is -1.92. The average Bonchev–Trinajstić information content (AvgIpc) is 3.11. The van der Waals surface area contributed by atoms with E-state index in [9.17, 15) is 19.6 Å². The van der Waals surface area contributed by atoms with Gasteiger partial charge in [-0.25, -0.2) is 4.57 Å². The highest BCUT2D eigenvalue weighted by Gasteiger charge is 2.45. The zero-order valence-electron chi connectivity index (χ0n) is 22.2. The van der Waals surface area contributed by atoms with E-state index in [4.69, 9.17) is 45.7 Å². The van der Waals surface area contributed by atoms with E-state index in [-0.39, 0.29) is 10.5 Å². The molecule has 1 saturated heterocycles. The van der Waals surface area contributed by atoms with Gasteiger partial charge < -0.3 is 29.2 Å². The lowest BCUT2D eigenvalue weighted by atomic mass is 10.1. The van der Waals surface area contributed by atoms with Gasteiger partial charge in [0.05, 0.1) is 27.5 Å². The molecule has 13 heteroatoms. The van der Waals surface area contributed by atoms with Gasteiger partial charge in [0, 0.05) is 11.8 Å². The third-order valence-electron chi connectivity index (χ3n) is 5.21. The Bertz CT molecular complexity index is 1310. The maximum absolute atomic E-state index is 13.9. The van der Waals surface area contributed by atoms with E-state index < -0.39 is 62.8 Å². The number of hydrogen-bond donors (Lipinski definition) is 3. The van der Waals surface area contributed by atoms with Crippen molar-refractivity contribution in [2.24, 2.45) is 5.92 Å². The van der Waals surface area contributed by atoms with Crippen molar-refractivity contribution in [2.75, 3.05) is 12.7 Å². The molecule has 1 fully saturated rings. The molecule has 1 aromatic heterocycles. The predicted octanol–water partition coefficient (Wildman–Crippen LogP) is 4.08. The summed E-state index contributed by atoms with van der Waals surface area (Å²) < 4.78 is 54.6. The van der Waals surface area contributed by atoms with Crippen LogP contribution in [0.3, 0.4) is 0 Å². The Morgan fingerprint density at radius 1 is 1.25 bits per heavy atom. The minimum absolute atomic E-state index is 0.0783. The molecule has 3 rings (SSSR count). The molecule has 198 valence electrons. The van der Waals surface area contributed by atoms with Crippen molar-refractivity contribution in [2.45, 2.75) is 58.3 Å². The molecule has 0 aliphatic carbocycles. The van der Waals surface area contributed by atoms with Crippen LogP contribution in [0.15, 0.2) is 36.5 Å². The molecular formula is C23H31N2O8PS2. The molecule has 2 heterocycles.